The molecule has 38 heavy (non-hydrogen) atoms. The average Bonchev–Trinajstić information content (AvgIpc) is 3.41. The second-order valence-corrected chi connectivity index (χ2v) is 51.2. The summed E-state index contributed by atoms with van der Waals surface area (Å²) >= 11 is -4.61. The molecule has 0 aromatic heterocycles. The van der Waals surface area contributed by atoms with Crippen LogP contribution in [0.1, 0.15) is 118 Å². The van der Waals surface area contributed by atoms with Crippen LogP contribution in [-0.2, 0) is 27.9 Å². The number of halogens is 2. The fourth-order valence-electron chi connectivity index (χ4n) is 7.44. The molecule has 0 N–H and O–H groups in total. The van der Waals surface area contributed by atoms with Gasteiger partial charge in [-0.1, -0.05) is 0 Å². The molecule has 2 aromatic rings. The van der Waals surface area contributed by atoms with E-state index < -0.39 is 20.4 Å². The van der Waals surface area contributed by atoms with Gasteiger partial charge in [-0.3, -0.25) is 0 Å². The van der Waals surface area contributed by atoms with Gasteiger partial charge in [-0.15, -0.1) is 0 Å². The minimum atomic E-state index is -4.61. The minimum absolute atomic E-state index is 0.187. The quantitative estimate of drug-likeness (QED) is 0.178. The fraction of sp³-hybridized carbons (Fsp3) is 0.529. The third-order valence-corrected chi connectivity index (χ3v) is 56.4. The molecular weight excluding hydrogens is 599 g/mol. The molecule has 4 rings (SSSR count). The standard InChI is InChI=1S/2C16H21.C2H6Si.2ClH.Zr/c2*1-4-5-6-7-14-9-8-13(3)15-10-12(2)11-16(14)15;1-3-2;;;/h2*8-11H,4-7H2,1-3H3;1-2H3;2*1H;/q;;;;;+2/p-2. The molecule has 0 bridgehead atoms. The molecule has 0 spiro atoms. The van der Waals surface area contributed by atoms with Crippen LogP contribution >= 0.6 is 17.0 Å². The Labute approximate surface area is 241 Å². The van der Waals surface area contributed by atoms with Crippen LogP contribution in [0.15, 0.2) is 35.4 Å². The van der Waals surface area contributed by atoms with E-state index in [1.54, 1.807) is 0 Å². The molecule has 0 saturated carbocycles. The Morgan fingerprint density at radius 3 is 1.39 bits per heavy atom. The summed E-state index contributed by atoms with van der Waals surface area (Å²) in [5.41, 5.74) is 13.3. The van der Waals surface area contributed by atoms with Crippen molar-refractivity contribution in [3.63, 3.8) is 0 Å². The number of allylic oxidation sites excluding steroid dienone is 2. The van der Waals surface area contributed by atoms with Crippen molar-refractivity contribution >= 4 is 34.6 Å². The zero-order valence-corrected chi connectivity index (χ0v) is 30.0. The molecule has 0 fully saturated rings. The number of aryl methyl sites for hydroxylation is 4. The summed E-state index contributed by atoms with van der Waals surface area (Å²) in [5, 5.41) is 0. The van der Waals surface area contributed by atoms with E-state index in [9.17, 15) is 0 Å². The van der Waals surface area contributed by atoms with Crippen LogP contribution in [0.3, 0.4) is 0 Å². The average molecular weight is 647 g/mol. The number of hydrogen-bond acceptors (Lipinski definition) is 0. The van der Waals surface area contributed by atoms with Gasteiger partial charge in [0, 0.05) is 0 Å². The molecule has 2 aliphatic rings. The summed E-state index contributed by atoms with van der Waals surface area (Å²) in [4.78, 5) is 0. The first kappa shape index (κ1) is 30.6. The van der Waals surface area contributed by atoms with E-state index in [0.717, 1.165) is 12.8 Å². The first-order chi connectivity index (χ1) is 18.0. The number of rotatable bonds is 10. The SMILES string of the molecule is CCCCCc1ccc(C)c2c1C=C(C)[CH]2[Zr]([Cl])([Cl])([CH]1C(C)=Cc2c(CCCCC)ccc(C)c21)=[Si](C)C. The van der Waals surface area contributed by atoms with Crippen LogP contribution < -0.4 is 0 Å². The molecule has 0 nitrogen and oxygen atoms in total. The molecule has 2 unspecified atom stereocenters. The first-order valence-electron chi connectivity index (χ1n) is 15.0. The van der Waals surface area contributed by atoms with Crippen molar-refractivity contribution in [3.05, 3.63) is 79.9 Å². The Morgan fingerprint density at radius 1 is 0.658 bits per heavy atom. The maximum atomic E-state index is 8.43. The van der Waals surface area contributed by atoms with Crippen molar-refractivity contribution in [2.75, 3.05) is 0 Å². The Kier molecular flexibility index (Phi) is 9.52. The van der Waals surface area contributed by atoms with E-state index in [0.29, 0.717) is 0 Å². The summed E-state index contributed by atoms with van der Waals surface area (Å²) in [5.74, 6) is 0. The van der Waals surface area contributed by atoms with Crippen LogP contribution in [-0.4, -0.2) is 5.43 Å². The van der Waals surface area contributed by atoms with Gasteiger partial charge in [-0.2, -0.15) is 0 Å². The summed E-state index contributed by atoms with van der Waals surface area (Å²) in [6.07, 6.45) is 14.8. The van der Waals surface area contributed by atoms with Gasteiger partial charge < -0.3 is 0 Å². The van der Waals surface area contributed by atoms with E-state index >= 15 is 0 Å². The van der Waals surface area contributed by atoms with Gasteiger partial charge in [0.05, 0.1) is 0 Å². The normalized spacial score (nSPS) is 18.8. The molecule has 0 saturated heterocycles. The Hall–Kier alpha value is -0.400. The van der Waals surface area contributed by atoms with Gasteiger partial charge in [0.25, 0.3) is 0 Å². The molecule has 4 heteroatoms. The predicted octanol–water partition coefficient (Wildman–Crippen LogP) is 11.6. The summed E-state index contributed by atoms with van der Waals surface area (Å²) in [7, 11) is 16.9. The van der Waals surface area contributed by atoms with E-state index in [2.05, 4.69) is 91.1 Å². The van der Waals surface area contributed by atoms with E-state index in [-0.39, 0.29) is 7.25 Å². The molecule has 0 amide bonds. The van der Waals surface area contributed by atoms with Gasteiger partial charge in [0.1, 0.15) is 0 Å². The van der Waals surface area contributed by atoms with E-state index in [1.165, 1.54) is 94.2 Å². The molecule has 2 aliphatic carbocycles. The zero-order valence-electron chi connectivity index (χ0n) is 25.0. The monoisotopic (exact) mass is 644 g/mol. The Morgan fingerprint density at radius 2 is 1.05 bits per heavy atom. The third-order valence-electron chi connectivity index (χ3n) is 9.54. The molecule has 0 heterocycles. The molecule has 0 aliphatic heterocycles. The van der Waals surface area contributed by atoms with Crippen molar-refractivity contribution in [2.45, 2.75) is 113 Å². The second kappa shape index (κ2) is 11.8. The zero-order chi connectivity index (χ0) is 27.9. The van der Waals surface area contributed by atoms with Crippen LogP contribution in [0, 0.1) is 13.8 Å². The van der Waals surface area contributed by atoms with Crippen molar-refractivity contribution in [1.29, 1.82) is 0 Å². The van der Waals surface area contributed by atoms with Crippen LogP contribution in [0.4, 0.5) is 0 Å². The van der Waals surface area contributed by atoms with Crippen molar-refractivity contribution in [1.82, 2.24) is 0 Å². The third kappa shape index (κ3) is 5.08. The number of fused-ring (bicyclic) bond motifs is 2. The maximum absolute atomic E-state index is 8.43. The van der Waals surface area contributed by atoms with Crippen molar-refractivity contribution < 1.29 is 15.0 Å². The molecule has 0 radical (unpaired) electrons. The number of hydrogen-bond donors (Lipinski definition) is 0. The van der Waals surface area contributed by atoms with Crippen LogP contribution in [0.5, 0.6) is 0 Å². The van der Waals surface area contributed by atoms with Gasteiger partial charge in [-0.05, 0) is 0 Å². The van der Waals surface area contributed by atoms with Gasteiger partial charge in [0.2, 0.25) is 0 Å². The van der Waals surface area contributed by atoms with Gasteiger partial charge in [0.15, 0.2) is 0 Å². The number of benzene rings is 2. The van der Waals surface area contributed by atoms with Crippen LogP contribution in [0.2, 0.25) is 13.1 Å². The van der Waals surface area contributed by atoms with Gasteiger partial charge in [-0.25, -0.2) is 0 Å². The van der Waals surface area contributed by atoms with E-state index in [4.69, 9.17) is 17.0 Å². The molecule has 2 atom stereocenters. The first-order valence-corrected chi connectivity index (χ1v) is 30.3. The fourth-order valence-corrected chi connectivity index (χ4v) is 38.0. The predicted molar refractivity (Wildman–Crippen MR) is 171 cm³/mol. The second-order valence-electron chi connectivity index (χ2n) is 12.4. The summed E-state index contributed by atoms with van der Waals surface area (Å²) < 4.78 is 0.375. The summed E-state index contributed by atoms with van der Waals surface area (Å²) in [6, 6.07) is 9.44. The topological polar surface area (TPSA) is 0 Å². The van der Waals surface area contributed by atoms with Crippen molar-refractivity contribution in [2.24, 2.45) is 0 Å². The van der Waals surface area contributed by atoms with Gasteiger partial charge >= 0.3 is 243 Å². The van der Waals surface area contributed by atoms with E-state index in [1.807, 2.05) is 0 Å². The molecule has 2 aromatic carbocycles. The summed E-state index contributed by atoms with van der Waals surface area (Å²) in [6.45, 7) is 18.6. The Bertz CT molecular complexity index is 1270. The molecular formula is C34H48Cl2SiZr. The van der Waals surface area contributed by atoms with Crippen molar-refractivity contribution in [3.8, 4) is 0 Å². The Balaban J connectivity index is 1.93. The number of unbranched alkanes of at least 4 members (excludes halogenated alkanes) is 4. The molecule has 206 valence electrons. The van der Waals surface area contributed by atoms with Crippen LogP contribution in [0.25, 0.3) is 12.2 Å².